The number of aryl methyl sites for hydroxylation is 1. The Labute approximate surface area is 166 Å². The summed E-state index contributed by atoms with van der Waals surface area (Å²) in [5.41, 5.74) is 2.50. The summed E-state index contributed by atoms with van der Waals surface area (Å²) in [6, 6.07) is 0.0930. The minimum atomic E-state index is -0.0807. The molecular weight excluding hydrogens is 360 g/mol. The van der Waals surface area contributed by atoms with Crippen molar-refractivity contribution in [1.29, 1.82) is 0 Å². The Morgan fingerprint density at radius 2 is 1.85 bits per heavy atom. The van der Waals surface area contributed by atoms with Gasteiger partial charge in [-0.05, 0) is 44.9 Å². The molecule has 3 rings (SSSR count). The summed E-state index contributed by atoms with van der Waals surface area (Å²) in [6.07, 6.45) is 2.98. The van der Waals surface area contributed by atoms with Gasteiger partial charge in [0, 0.05) is 32.2 Å². The number of aromatic nitrogens is 1. The van der Waals surface area contributed by atoms with E-state index in [0.29, 0.717) is 16.7 Å². The van der Waals surface area contributed by atoms with Crippen molar-refractivity contribution < 1.29 is 9.59 Å². The second-order valence-corrected chi connectivity index (χ2v) is 9.27. The number of hydrogen-bond donors (Lipinski definition) is 1. The van der Waals surface area contributed by atoms with E-state index < -0.39 is 0 Å². The maximum atomic E-state index is 12.9. The van der Waals surface area contributed by atoms with E-state index in [4.69, 9.17) is 0 Å². The number of carbonyl (C=O) groups is 2. The summed E-state index contributed by atoms with van der Waals surface area (Å²) in [5, 5.41) is 3.14. The van der Waals surface area contributed by atoms with Gasteiger partial charge in [0.15, 0.2) is 0 Å². The molecule has 2 amide bonds. The third kappa shape index (κ3) is 4.88. The molecule has 1 N–H and O–H groups in total. The Morgan fingerprint density at radius 1 is 1.22 bits per heavy atom. The van der Waals surface area contributed by atoms with E-state index >= 15 is 0 Å². The minimum absolute atomic E-state index is 0.0196. The first kappa shape index (κ1) is 20.3. The van der Waals surface area contributed by atoms with Crippen LogP contribution in [0.5, 0.6) is 0 Å². The smallest absolute Gasteiger partial charge is 0.263 e. The van der Waals surface area contributed by atoms with Gasteiger partial charge in [0.05, 0.1) is 17.2 Å². The van der Waals surface area contributed by atoms with E-state index in [9.17, 15) is 9.59 Å². The molecule has 1 aromatic heterocycles. The van der Waals surface area contributed by atoms with Gasteiger partial charge in [-0.15, -0.1) is 11.3 Å². The maximum absolute atomic E-state index is 12.9. The first-order chi connectivity index (χ1) is 12.8. The fourth-order valence-corrected chi connectivity index (χ4v) is 5.17. The summed E-state index contributed by atoms with van der Waals surface area (Å²) >= 11 is 1.39. The lowest BCUT2D eigenvalue weighted by atomic mass is 9.91. The van der Waals surface area contributed by atoms with Crippen molar-refractivity contribution in [3.8, 4) is 0 Å². The summed E-state index contributed by atoms with van der Waals surface area (Å²) < 4.78 is 0. The van der Waals surface area contributed by atoms with Gasteiger partial charge in [0.2, 0.25) is 5.91 Å². The highest BCUT2D eigenvalue weighted by Gasteiger charge is 2.33. The Morgan fingerprint density at radius 3 is 2.41 bits per heavy atom. The lowest BCUT2D eigenvalue weighted by Gasteiger charge is -2.40. The lowest BCUT2D eigenvalue weighted by Crippen LogP contribution is -2.54. The van der Waals surface area contributed by atoms with Gasteiger partial charge in [-0.2, -0.15) is 0 Å². The van der Waals surface area contributed by atoms with Crippen LogP contribution in [0.1, 0.15) is 55.4 Å². The Bertz CT molecular complexity index is 659. The van der Waals surface area contributed by atoms with Crippen LogP contribution in [-0.4, -0.2) is 64.9 Å². The normalized spacial score (nSPS) is 26.0. The summed E-state index contributed by atoms with van der Waals surface area (Å²) in [4.78, 5) is 34.5. The fraction of sp³-hybridized carbons (Fsp3) is 0.750. The first-order valence-corrected chi connectivity index (χ1v) is 11.0. The highest BCUT2D eigenvalue weighted by molar-refractivity contribution is 7.11. The molecule has 7 heteroatoms. The standard InChI is InChI=1S/C20H32N4O2S/c1-13-9-14(2)11-24(10-13)20(26)16(4)23-7-5-17(6-8-23)22-19(25)18-15(3)21-12-27-18/h12-14,16-17H,5-11H2,1-4H3,(H,22,25). The molecule has 3 heterocycles. The number of piperidine rings is 2. The highest BCUT2D eigenvalue weighted by Crippen LogP contribution is 2.23. The molecule has 2 fully saturated rings. The van der Waals surface area contributed by atoms with E-state index in [2.05, 4.69) is 33.9 Å². The van der Waals surface area contributed by atoms with Gasteiger partial charge in [0.25, 0.3) is 5.91 Å². The molecule has 0 aromatic carbocycles. The van der Waals surface area contributed by atoms with Gasteiger partial charge in [-0.1, -0.05) is 13.8 Å². The Hall–Kier alpha value is -1.47. The van der Waals surface area contributed by atoms with E-state index in [0.717, 1.165) is 44.7 Å². The van der Waals surface area contributed by atoms with Crippen molar-refractivity contribution in [2.45, 2.75) is 59.0 Å². The molecule has 0 bridgehead atoms. The molecule has 2 aliphatic heterocycles. The van der Waals surface area contributed by atoms with Crippen LogP contribution in [0, 0.1) is 18.8 Å². The van der Waals surface area contributed by atoms with Crippen molar-refractivity contribution in [2.24, 2.45) is 11.8 Å². The van der Waals surface area contributed by atoms with Crippen LogP contribution in [-0.2, 0) is 4.79 Å². The average molecular weight is 393 g/mol. The summed E-state index contributed by atoms with van der Waals surface area (Å²) in [5.74, 6) is 1.41. The Balaban J connectivity index is 1.49. The number of likely N-dealkylation sites (tertiary alicyclic amines) is 2. The van der Waals surface area contributed by atoms with E-state index in [1.807, 2.05) is 13.8 Å². The topological polar surface area (TPSA) is 65.5 Å². The third-order valence-electron chi connectivity index (χ3n) is 5.90. The molecule has 3 unspecified atom stereocenters. The van der Waals surface area contributed by atoms with E-state index in [-0.39, 0.29) is 23.9 Å². The van der Waals surface area contributed by atoms with Crippen LogP contribution >= 0.6 is 11.3 Å². The van der Waals surface area contributed by atoms with Crippen molar-refractivity contribution in [1.82, 2.24) is 20.1 Å². The number of amides is 2. The molecule has 0 spiro atoms. The summed E-state index contributed by atoms with van der Waals surface area (Å²) in [7, 11) is 0. The van der Waals surface area contributed by atoms with E-state index in [1.54, 1.807) is 5.51 Å². The van der Waals surface area contributed by atoms with Gasteiger partial charge in [0.1, 0.15) is 4.88 Å². The molecule has 2 aliphatic rings. The largest absolute Gasteiger partial charge is 0.348 e. The quantitative estimate of drug-likeness (QED) is 0.855. The zero-order chi connectivity index (χ0) is 19.6. The number of carbonyl (C=O) groups excluding carboxylic acids is 2. The van der Waals surface area contributed by atoms with Crippen molar-refractivity contribution in [3.63, 3.8) is 0 Å². The van der Waals surface area contributed by atoms with Crippen molar-refractivity contribution in [2.75, 3.05) is 26.2 Å². The fourth-order valence-electron chi connectivity index (χ4n) is 4.47. The number of rotatable bonds is 4. The molecule has 0 saturated carbocycles. The zero-order valence-electron chi connectivity index (χ0n) is 16.9. The molecule has 3 atom stereocenters. The summed E-state index contributed by atoms with van der Waals surface area (Å²) in [6.45, 7) is 11.8. The van der Waals surface area contributed by atoms with Crippen molar-refractivity contribution in [3.05, 3.63) is 16.1 Å². The van der Waals surface area contributed by atoms with Crippen LogP contribution in [0.15, 0.2) is 5.51 Å². The predicted octanol–water partition coefficient (Wildman–Crippen LogP) is 2.54. The van der Waals surface area contributed by atoms with Gasteiger partial charge in [-0.3, -0.25) is 14.5 Å². The molecule has 150 valence electrons. The van der Waals surface area contributed by atoms with Crippen LogP contribution in [0.25, 0.3) is 0 Å². The van der Waals surface area contributed by atoms with Crippen LogP contribution in [0.3, 0.4) is 0 Å². The highest BCUT2D eigenvalue weighted by atomic mass is 32.1. The maximum Gasteiger partial charge on any atom is 0.263 e. The van der Waals surface area contributed by atoms with Crippen LogP contribution in [0.4, 0.5) is 0 Å². The zero-order valence-corrected chi connectivity index (χ0v) is 17.7. The molecule has 6 nitrogen and oxygen atoms in total. The second-order valence-electron chi connectivity index (χ2n) is 8.42. The van der Waals surface area contributed by atoms with Crippen LogP contribution < -0.4 is 5.32 Å². The predicted molar refractivity (Wildman–Crippen MR) is 108 cm³/mol. The molecule has 0 aliphatic carbocycles. The molecule has 1 aromatic rings. The van der Waals surface area contributed by atoms with Crippen LogP contribution in [0.2, 0.25) is 0 Å². The second kappa shape index (κ2) is 8.69. The number of nitrogens with zero attached hydrogens (tertiary/aromatic N) is 3. The molecule has 2 saturated heterocycles. The minimum Gasteiger partial charge on any atom is -0.348 e. The number of thiazole rings is 1. The average Bonchev–Trinajstić information content (AvgIpc) is 3.06. The molecule has 27 heavy (non-hydrogen) atoms. The van der Waals surface area contributed by atoms with E-state index in [1.165, 1.54) is 17.8 Å². The lowest BCUT2D eigenvalue weighted by molar-refractivity contribution is -0.139. The van der Waals surface area contributed by atoms with Crippen molar-refractivity contribution >= 4 is 23.2 Å². The molecular formula is C20H32N4O2S. The number of nitrogens with one attached hydrogen (secondary N) is 1. The van der Waals surface area contributed by atoms with Gasteiger partial charge < -0.3 is 10.2 Å². The number of hydrogen-bond acceptors (Lipinski definition) is 5. The van der Waals surface area contributed by atoms with Gasteiger partial charge >= 0.3 is 0 Å². The third-order valence-corrected chi connectivity index (χ3v) is 6.83. The Kier molecular flexibility index (Phi) is 6.52. The van der Waals surface area contributed by atoms with Gasteiger partial charge in [-0.25, -0.2) is 4.98 Å². The first-order valence-electron chi connectivity index (χ1n) is 10.1. The molecule has 0 radical (unpaired) electrons. The monoisotopic (exact) mass is 392 g/mol. The SMILES string of the molecule is Cc1ncsc1C(=O)NC1CCN(C(C)C(=O)N2CC(C)CC(C)C2)CC1.